The zero-order chi connectivity index (χ0) is 28.9. The molecule has 0 aliphatic rings. The molecule has 4 rings (SSSR count). The predicted molar refractivity (Wildman–Crippen MR) is 157 cm³/mol. The van der Waals surface area contributed by atoms with Crippen LogP contribution in [0.15, 0.2) is 60.9 Å². The Balaban J connectivity index is 1.48. The number of ether oxygens (including phenoxy) is 4. The number of fused-ring (bicyclic) bond motifs is 1. The number of benzene rings is 3. The van der Waals surface area contributed by atoms with Crippen LogP contribution in [-0.2, 0) is 16.1 Å². The van der Waals surface area contributed by atoms with E-state index in [0.29, 0.717) is 71.1 Å². The van der Waals surface area contributed by atoms with Gasteiger partial charge < -0.3 is 29.1 Å². The minimum Gasteiger partial charge on any atom is -0.490 e. The molecule has 1 aromatic heterocycles. The van der Waals surface area contributed by atoms with E-state index in [4.69, 9.17) is 30.5 Å². The molecule has 216 valence electrons. The first-order valence-corrected chi connectivity index (χ1v) is 13.9. The second-order valence-electron chi connectivity index (χ2n) is 9.29. The molecule has 4 aromatic rings. The predicted octanol–water partition coefficient (Wildman–Crippen LogP) is 7.30. The molecular formula is C31H33ClFN3O5. The Kier molecular flexibility index (Phi) is 11.5. The number of nitrogens with zero attached hydrogens (tertiary/aromatic N) is 2. The van der Waals surface area contributed by atoms with Crippen LogP contribution in [-0.4, -0.2) is 43.2 Å². The van der Waals surface area contributed by atoms with Gasteiger partial charge in [-0.3, -0.25) is 0 Å². The van der Waals surface area contributed by atoms with Crippen LogP contribution in [0.2, 0.25) is 5.02 Å². The minimum absolute atomic E-state index is 0.192. The molecule has 10 heteroatoms. The molecule has 0 saturated heterocycles. The number of aromatic nitrogens is 2. The van der Waals surface area contributed by atoms with Crippen molar-refractivity contribution in [1.29, 1.82) is 0 Å². The number of unbranched alkanes of at least 4 members (excludes halogenated alkanes) is 4. The highest BCUT2D eigenvalue weighted by atomic mass is 35.5. The van der Waals surface area contributed by atoms with Crippen LogP contribution in [0.5, 0.6) is 17.2 Å². The number of halogens is 2. The summed E-state index contributed by atoms with van der Waals surface area (Å²) in [6, 6.07) is 15.2. The largest absolute Gasteiger partial charge is 0.490 e. The molecule has 0 atom stereocenters. The Labute approximate surface area is 243 Å². The maximum atomic E-state index is 13.5. The van der Waals surface area contributed by atoms with Crippen LogP contribution in [0.4, 0.5) is 15.9 Å². The van der Waals surface area contributed by atoms with Gasteiger partial charge in [-0.15, -0.1) is 0 Å². The molecular weight excluding hydrogens is 549 g/mol. The summed E-state index contributed by atoms with van der Waals surface area (Å²) in [6.45, 7) is 1.51. The van der Waals surface area contributed by atoms with E-state index < -0.39 is 0 Å². The Bertz CT molecular complexity index is 1440. The lowest BCUT2D eigenvalue weighted by Crippen LogP contribution is -2.07. The van der Waals surface area contributed by atoms with Crippen molar-refractivity contribution >= 4 is 40.3 Å². The molecule has 0 amide bonds. The summed E-state index contributed by atoms with van der Waals surface area (Å²) in [5, 5.41) is 4.45. The Morgan fingerprint density at radius 2 is 1.71 bits per heavy atom. The first-order valence-electron chi connectivity index (χ1n) is 13.5. The summed E-state index contributed by atoms with van der Waals surface area (Å²) < 4.78 is 36.4. The zero-order valence-electron chi connectivity index (χ0n) is 22.9. The average Bonchev–Trinajstić information content (AvgIpc) is 2.97. The highest BCUT2D eigenvalue weighted by molar-refractivity contribution is 6.32. The highest BCUT2D eigenvalue weighted by Gasteiger charge is 2.14. The molecule has 0 aliphatic heterocycles. The Hall–Kier alpha value is -3.95. The number of anilines is 2. The number of hydrogen-bond donors (Lipinski definition) is 1. The first kappa shape index (κ1) is 30.0. The van der Waals surface area contributed by atoms with E-state index in [0.717, 1.165) is 37.4 Å². The second kappa shape index (κ2) is 15.7. The van der Waals surface area contributed by atoms with E-state index in [9.17, 15) is 9.18 Å². The molecule has 0 bridgehead atoms. The monoisotopic (exact) mass is 581 g/mol. The molecule has 41 heavy (non-hydrogen) atoms. The molecule has 0 spiro atoms. The molecule has 3 aromatic carbocycles. The van der Waals surface area contributed by atoms with Gasteiger partial charge in [-0.25, -0.2) is 14.4 Å². The van der Waals surface area contributed by atoms with Crippen molar-refractivity contribution in [2.75, 3.05) is 32.2 Å². The van der Waals surface area contributed by atoms with Crippen molar-refractivity contribution in [3.8, 4) is 17.2 Å². The lowest BCUT2D eigenvalue weighted by molar-refractivity contribution is -0.107. The third kappa shape index (κ3) is 9.03. The fraction of sp³-hybridized carbons (Fsp3) is 0.323. The third-order valence-electron chi connectivity index (χ3n) is 6.20. The van der Waals surface area contributed by atoms with E-state index in [-0.39, 0.29) is 12.4 Å². The fourth-order valence-electron chi connectivity index (χ4n) is 4.11. The van der Waals surface area contributed by atoms with Gasteiger partial charge in [0.25, 0.3) is 0 Å². The SMILES string of the molecule is COCCOc1cc2ncnc(Nc3ccc(OCc4cccc(F)c4)c(Cl)c3)c2cc1OCCCCCCC=O. The number of carbonyl (C=O) groups excluding carboxylic acids is 1. The molecule has 1 heterocycles. The standard InChI is InChI=1S/C31H33ClFN3O5/c1-38-14-15-40-30-19-27-25(18-29(30)39-13-6-4-2-3-5-12-37)31(35-21-34-27)36-24-10-11-28(26(32)17-24)41-20-22-8-7-9-23(33)16-22/h7-12,16-19,21H,2-6,13-15,20H2,1H3,(H,34,35,36). The molecule has 8 nitrogen and oxygen atoms in total. The minimum atomic E-state index is -0.317. The van der Waals surface area contributed by atoms with Crippen molar-refractivity contribution < 1.29 is 28.1 Å². The van der Waals surface area contributed by atoms with Gasteiger partial charge in [-0.05, 0) is 54.8 Å². The van der Waals surface area contributed by atoms with Gasteiger partial charge in [0, 0.05) is 30.7 Å². The fourth-order valence-corrected chi connectivity index (χ4v) is 4.34. The quantitative estimate of drug-likeness (QED) is 0.103. The van der Waals surface area contributed by atoms with Gasteiger partial charge in [-0.1, -0.05) is 36.6 Å². The molecule has 0 saturated carbocycles. The maximum absolute atomic E-state index is 13.5. The lowest BCUT2D eigenvalue weighted by atomic mass is 10.1. The van der Waals surface area contributed by atoms with E-state index >= 15 is 0 Å². The average molecular weight is 582 g/mol. The smallest absolute Gasteiger partial charge is 0.163 e. The molecule has 0 radical (unpaired) electrons. The van der Waals surface area contributed by atoms with Crippen molar-refractivity contribution in [2.24, 2.45) is 0 Å². The summed E-state index contributed by atoms with van der Waals surface area (Å²) in [5.41, 5.74) is 2.08. The van der Waals surface area contributed by atoms with Crippen LogP contribution in [0.25, 0.3) is 10.9 Å². The van der Waals surface area contributed by atoms with Gasteiger partial charge in [-0.2, -0.15) is 0 Å². The third-order valence-corrected chi connectivity index (χ3v) is 6.49. The molecule has 1 N–H and O–H groups in total. The highest BCUT2D eigenvalue weighted by Crippen LogP contribution is 2.36. The first-order chi connectivity index (χ1) is 20.1. The summed E-state index contributed by atoms with van der Waals surface area (Å²) in [6.07, 6.45) is 6.72. The van der Waals surface area contributed by atoms with E-state index in [1.165, 1.54) is 18.5 Å². The van der Waals surface area contributed by atoms with E-state index in [1.807, 2.05) is 18.2 Å². The summed E-state index contributed by atoms with van der Waals surface area (Å²) in [5.74, 6) is 1.89. The van der Waals surface area contributed by atoms with Gasteiger partial charge >= 0.3 is 0 Å². The number of aldehydes is 1. The Morgan fingerprint density at radius 1 is 0.878 bits per heavy atom. The summed E-state index contributed by atoms with van der Waals surface area (Å²) >= 11 is 6.49. The van der Waals surface area contributed by atoms with Gasteiger partial charge in [0.05, 0.1) is 23.8 Å². The topological polar surface area (TPSA) is 91.8 Å². The number of nitrogens with one attached hydrogen (secondary N) is 1. The van der Waals surface area contributed by atoms with Crippen molar-refractivity contribution in [2.45, 2.75) is 38.7 Å². The van der Waals surface area contributed by atoms with Crippen molar-refractivity contribution in [1.82, 2.24) is 9.97 Å². The van der Waals surface area contributed by atoms with Crippen molar-refractivity contribution in [3.05, 3.63) is 77.3 Å². The number of rotatable bonds is 17. The molecule has 0 aliphatic carbocycles. The lowest BCUT2D eigenvalue weighted by Gasteiger charge is -2.16. The maximum Gasteiger partial charge on any atom is 0.163 e. The Morgan fingerprint density at radius 3 is 2.51 bits per heavy atom. The van der Waals surface area contributed by atoms with Crippen LogP contribution in [0, 0.1) is 5.82 Å². The van der Waals surface area contributed by atoms with Crippen LogP contribution >= 0.6 is 11.6 Å². The van der Waals surface area contributed by atoms with Gasteiger partial charge in [0.1, 0.15) is 43.2 Å². The normalized spacial score (nSPS) is 10.9. The zero-order valence-corrected chi connectivity index (χ0v) is 23.7. The second-order valence-corrected chi connectivity index (χ2v) is 9.69. The van der Waals surface area contributed by atoms with Crippen LogP contribution in [0.1, 0.15) is 37.7 Å². The number of methoxy groups -OCH3 is 1. The molecule has 0 fully saturated rings. The number of hydrogen-bond acceptors (Lipinski definition) is 8. The summed E-state index contributed by atoms with van der Waals surface area (Å²) in [7, 11) is 1.62. The van der Waals surface area contributed by atoms with Crippen molar-refractivity contribution in [3.63, 3.8) is 0 Å². The van der Waals surface area contributed by atoms with Crippen LogP contribution in [0.3, 0.4) is 0 Å². The van der Waals surface area contributed by atoms with Crippen LogP contribution < -0.4 is 19.5 Å². The summed E-state index contributed by atoms with van der Waals surface area (Å²) in [4.78, 5) is 19.4. The molecule has 0 unspecified atom stereocenters. The van der Waals surface area contributed by atoms with Gasteiger partial charge in [0.2, 0.25) is 0 Å². The van der Waals surface area contributed by atoms with E-state index in [1.54, 1.807) is 31.4 Å². The van der Waals surface area contributed by atoms with E-state index in [2.05, 4.69) is 15.3 Å². The van der Waals surface area contributed by atoms with Gasteiger partial charge in [0.15, 0.2) is 11.5 Å². The number of carbonyl (C=O) groups is 1.